The summed E-state index contributed by atoms with van der Waals surface area (Å²) in [4.78, 5) is 16.9. The molecular formula is C22H26N4. The van der Waals surface area contributed by atoms with Gasteiger partial charge in [-0.25, -0.2) is 9.97 Å². The Morgan fingerprint density at radius 2 is 1.65 bits per heavy atom. The lowest BCUT2D eigenvalue weighted by Crippen LogP contribution is -2.26. The number of hydrogen-bond donors (Lipinski definition) is 2. The first-order valence-electron chi connectivity index (χ1n) is 9.32. The van der Waals surface area contributed by atoms with Crippen LogP contribution in [0.15, 0.2) is 30.3 Å². The van der Waals surface area contributed by atoms with Gasteiger partial charge in [0.15, 0.2) is 0 Å². The summed E-state index contributed by atoms with van der Waals surface area (Å²) in [5.74, 6) is 2.06. The first-order valence-corrected chi connectivity index (χ1v) is 9.32. The van der Waals surface area contributed by atoms with E-state index in [-0.39, 0.29) is 5.41 Å². The van der Waals surface area contributed by atoms with Crippen LogP contribution in [0.3, 0.4) is 0 Å². The summed E-state index contributed by atoms with van der Waals surface area (Å²) in [6.07, 6.45) is 1.82. The van der Waals surface area contributed by atoms with Crippen LogP contribution < -0.4 is 0 Å². The van der Waals surface area contributed by atoms with E-state index in [4.69, 9.17) is 9.97 Å². The molecule has 1 unspecified atom stereocenters. The smallest absolute Gasteiger partial charge is 0.113 e. The first kappa shape index (κ1) is 16.8. The molecule has 4 nitrogen and oxygen atoms in total. The highest BCUT2D eigenvalue weighted by molar-refractivity contribution is 5.80. The van der Waals surface area contributed by atoms with Crippen molar-refractivity contribution in [3.8, 4) is 0 Å². The van der Waals surface area contributed by atoms with Gasteiger partial charge in [0, 0.05) is 11.8 Å². The predicted octanol–water partition coefficient (Wildman–Crippen LogP) is 5.27. The van der Waals surface area contributed by atoms with Gasteiger partial charge in [-0.2, -0.15) is 0 Å². The van der Waals surface area contributed by atoms with Gasteiger partial charge in [0.25, 0.3) is 0 Å². The van der Waals surface area contributed by atoms with Gasteiger partial charge in [-0.1, -0.05) is 32.0 Å². The second kappa shape index (κ2) is 5.97. The molecule has 0 radical (unpaired) electrons. The number of aromatic amines is 2. The van der Waals surface area contributed by atoms with Crippen LogP contribution in [0.25, 0.3) is 22.1 Å². The SMILES string of the molecule is CCC(C)(Cc1nc2c(C)c(C)ccc2[nH]1)c1nc2c(C)cccc2[nH]1. The van der Waals surface area contributed by atoms with Crippen molar-refractivity contribution in [1.82, 2.24) is 19.9 Å². The molecule has 0 aliphatic heterocycles. The summed E-state index contributed by atoms with van der Waals surface area (Å²) in [6, 6.07) is 10.6. The van der Waals surface area contributed by atoms with Gasteiger partial charge < -0.3 is 9.97 Å². The Balaban J connectivity index is 1.76. The molecular weight excluding hydrogens is 320 g/mol. The van der Waals surface area contributed by atoms with Gasteiger partial charge in [0.2, 0.25) is 0 Å². The summed E-state index contributed by atoms with van der Waals surface area (Å²) < 4.78 is 0. The van der Waals surface area contributed by atoms with Crippen molar-refractivity contribution in [2.75, 3.05) is 0 Å². The molecule has 2 aromatic carbocycles. The van der Waals surface area contributed by atoms with E-state index in [1.807, 2.05) is 0 Å². The maximum atomic E-state index is 4.94. The monoisotopic (exact) mass is 346 g/mol. The molecule has 0 aliphatic carbocycles. The van der Waals surface area contributed by atoms with Crippen LogP contribution in [0.4, 0.5) is 0 Å². The zero-order valence-electron chi connectivity index (χ0n) is 16.2. The van der Waals surface area contributed by atoms with Crippen molar-refractivity contribution in [3.05, 3.63) is 58.7 Å². The van der Waals surface area contributed by atoms with E-state index in [1.54, 1.807) is 0 Å². The number of fused-ring (bicyclic) bond motifs is 2. The molecule has 0 spiro atoms. The van der Waals surface area contributed by atoms with Crippen molar-refractivity contribution in [2.24, 2.45) is 0 Å². The molecule has 134 valence electrons. The Bertz CT molecular complexity index is 1100. The maximum Gasteiger partial charge on any atom is 0.113 e. The largest absolute Gasteiger partial charge is 0.342 e. The minimum absolute atomic E-state index is 0.0950. The average molecular weight is 346 g/mol. The number of nitrogens with zero attached hydrogens (tertiary/aromatic N) is 2. The quantitative estimate of drug-likeness (QED) is 0.528. The van der Waals surface area contributed by atoms with Crippen LogP contribution in [-0.2, 0) is 11.8 Å². The topological polar surface area (TPSA) is 57.4 Å². The molecule has 4 rings (SSSR count). The van der Waals surface area contributed by atoms with Crippen molar-refractivity contribution in [1.29, 1.82) is 0 Å². The molecule has 0 aliphatic rings. The van der Waals surface area contributed by atoms with Crippen molar-refractivity contribution >= 4 is 22.1 Å². The molecule has 2 heterocycles. The molecule has 2 aromatic heterocycles. The van der Waals surface area contributed by atoms with Gasteiger partial charge in [0.05, 0.1) is 22.1 Å². The molecule has 0 amide bonds. The number of H-pyrrole nitrogens is 2. The van der Waals surface area contributed by atoms with Crippen LogP contribution >= 0.6 is 0 Å². The number of nitrogens with one attached hydrogen (secondary N) is 2. The molecule has 1 atom stereocenters. The number of aryl methyl sites for hydroxylation is 3. The Labute approximate surface area is 154 Å². The van der Waals surface area contributed by atoms with Crippen molar-refractivity contribution in [3.63, 3.8) is 0 Å². The van der Waals surface area contributed by atoms with Crippen LogP contribution in [0.2, 0.25) is 0 Å². The average Bonchev–Trinajstić information content (AvgIpc) is 3.23. The van der Waals surface area contributed by atoms with Crippen molar-refractivity contribution < 1.29 is 0 Å². The summed E-state index contributed by atoms with van der Waals surface area (Å²) in [6.45, 7) is 10.9. The lowest BCUT2D eigenvalue weighted by Gasteiger charge is -2.24. The lowest BCUT2D eigenvalue weighted by molar-refractivity contribution is 0.420. The van der Waals surface area contributed by atoms with Crippen LogP contribution in [0.5, 0.6) is 0 Å². The summed E-state index contributed by atoms with van der Waals surface area (Å²) in [7, 11) is 0. The number of rotatable bonds is 4. The second-order valence-corrected chi connectivity index (χ2v) is 7.73. The van der Waals surface area contributed by atoms with Crippen molar-refractivity contribution in [2.45, 2.75) is 52.9 Å². The summed E-state index contributed by atoms with van der Waals surface area (Å²) in [5, 5.41) is 0. The lowest BCUT2D eigenvalue weighted by atomic mass is 9.83. The number of benzene rings is 2. The Kier molecular flexibility index (Phi) is 3.87. The highest BCUT2D eigenvalue weighted by atomic mass is 15.0. The highest BCUT2D eigenvalue weighted by Crippen LogP contribution is 2.32. The van der Waals surface area contributed by atoms with E-state index in [1.165, 1.54) is 16.7 Å². The first-order chi connectivity index (χ1) is 12.4. The van der Waals surface area contributed by atoms with E-state index in [9.17, 15) is 0 Å². The minimum Gasteiger partial charge on any atom is -0.342 e. The van der Waals surface area contributed by atoms with Crippen LogP contribution in [0.1, 0.15) is 48.6 Å². The fourth-order valence-electron chi connectivity index (χ4n) is 3.66. The zero-order valence-corrected chi connectivity index (χ0v) is 16.2. The fourth-order valence-corrected chi connectivity index (χ4v) is 3.66. The summed E-state index contributed by atoms with van der Waals surface area (Å²) >= 11 is 0. The molecule has 4 heteroatoms. The third kappa shape index (κ3) is 2.61. The molecule has 0 bridgehead atoms. The zero-order chi connectivity index (χ0) is 18.5. The molecule has 0 fully saturated rings. The van der Waals surface area contributed by atoms with Gasteiger partial charge in [-0.05, 0) is 56.0 Å². The van der Waals surface area contributed by atoms with Gasteiger partial charge in [-0.3, -0.25) is 0 Å². The van der Waals surface area contributed by atoms with E-state index >= 15 is 0 Å². The van der Waals surface area contributed by atoms with Gasteiger partial charge >= 0.3 is 0 Å². The van der Waals surface area contributed by atoms with E-state index in [0.717, 1.165) is 46.6 Å². The highest BCUT2D eigenvalue weighted by Gasteiger charge is 2.30. The Hall–Kier alpha value is -2.62. The van der Waals surface area contributed by atoms with E-state index in [2.05, 4.69) is 74.9 Å². The predicted molar refractivity (Wildman–Crippen MR) is 108 cm³/mol. The van der Waals surface area contributed by atoms with E-state index < -0.39 is 0 Å². The third-order valence-electron chi connectivity index (χ3n) is 5.85. The molecule has 0 saturated heterocycles. The molecule has 0 saturated carbocycles. The normalized spacial score (nSPS) is 14.2. The van der Waals surface area contributed by atoms with Crippen LogP contribution in [-0.4, -0.2) is 19.9 Å². The standard InChI is InChI=1S/C22H26N4/c1-6-22(5,21-24-16-9-7-8-14(3)19(16)26-21)12-18-23-17-11-10-13(2)15(4)20(17)25-18/h7-11H,6,12H2,1-5H3,(H,23,25)(H,24,26). The number of imidazole rings is 2. The number of para-hydroxylation sites is 1. The Morgan fingerprint density at radius 3 is 2.38 bits per heavy atom. The third-order valence-corrected chi connectivity index (χ3v) is 5.85. The minimum atomic E-state index is -0.0950. The second-order valence-electron chi connectivity index (χ2n) is 7.73. The van der Waals surface area contributed by atoms with E-state index in [0.29, 0.717) is 0 Å². The number of aromatic nitrogens is 4. The molecule has 26 heavy (non-hydrogen) atoms. The molecule has 4 aromatic rings. The molecule has 2 N–H and O–H groups in total. The fraction of sp³-hybridized carbons (Fsp3) is 0.364. The number of hydrogen-bond acceptors (Lipinski definition) is 2. The van der Waals surface area contributed by atoms with Gasteiger partial charge in [0.1, 0.15) is 11.6 Å². The summed E-state index contributed by atoms with van der Waals surface area (Å²) in [5.41, 5.74) is 8.01. The van der Waals surface area contributed by atoms with Crippen LogP contribution in [0, 0.1) is 20.8 Å². The van der Waals surface area contributed by atoms with Gasteiger partial charge in [-0.15, -0.1) is 0 Å². The Morgan fingerprint density at radius 1 is 0.885 bits per heavy atom. The maximum absolute atomic E-state index is 4.94.